The molecule has 0 atom stereocenters. The van der Waals surface area contributed by atoms with Gasteiger partial charge in [-0.1, -0.05) is 15.9 Å². The van der Waals surface area contributed by atoms with E-state index in [0.29, 0.717) is 28.4 Å². The van der Waals surface area contributed by atoms with Crippen molar-refractivity contribution >= 4 is 28.1 Å². The molecular weight excluding hydrogens is 400 g/mol. The number of ether oxygens (including phenoxy) is 3. The van der Waals surface area contributed by atoms with Gasteiger partial charge in [0.2, 0.25) is 0 Å². The maximum atomic E-state index is 12.5. The van der Waals surface area contributed by atoms with Crippen LogP contribution in [0.2, 0.25) is 0 Å². The summed E-state index contributed by atoms with van der Waals surface area (Å²) in [5, 5.41) is 4.02. The van der Waals surface area contributed by atoms with Crippen molar-refractivity contribution in [3.8, 4) is 17.2 Å². The van der Waals surface area contributed by atoms with E-state index in [1.165, 1.54) is 6.21 Å². The molecule has 0 aliphatic heterocycles. The minimum Gasteiger partial charge on any atom is -0.497 e. The minimum absolute atomic E-state index is 0.0465. The zero-order chi connectivity index (χ0) is 19.1. The maximum Gasteiger partial charge on any atom is 0.275 e. The fourth-order valence-corrected chi connectivity index (χ4v) is 2.54. The van der Waals surface area contributed by atoms with Gasteiger partial charge in [-0.2, -0.15) is 5.10 Å². The summed E-state index contributed by atoms with van der Waals surface area (Å²) in [6, 6.07) is 10.6. The zero-order valence-electron chi connectivity index (χ0n) is 15.1. The van der Waals surface area contributed by atoms with Gasteiger partial charge in [0.1, 0.15) is 17.2 Å². The van der Waals surface area contributed by atoms with Crippen molar-refractivity contribution in [3.05, 3.63) is 52.0 Å². The Bertz CT molecular complexity index is 806. The van der Waals surface area contributed by atoms with Crippen LogP contribution < -0.4 is 19.6 Å². The van der Waals surface area contributed by atoms with Gasteiger partial charge < -0.3 is 14.2 Å². The van der Waals surface area contributed by atoms with Crippen molar-refractivity contribution in [1.82, 2.24) is 5.43 Å². The molecule has 26 heavy (non-hydrogen) atoms. The second-order valence-electron chi connectivity index (χ2n) is 5.61. The first-order valence-electron chi connectivity index (χ1n) is 7.96. The predicted molar refractivity (Wildman–Crippen MR) is 105 cm³/mol. The van der Waals surface area contributed by atoms with Crippen LogP contribution >= 0.6 is 15.9 Å². The zero-order valence-corrected chi connectivity index (χ0v) is 16.7. The average Bonchev–Trinajstić information content (AvgIpc) is 2.62. The van der Waals surface area contributed by atoms with Crippen LogP contribution in [0.25, 0.3) is 0 Å². The molecule has 7 heteroatoms. The van der Waals surface area contributed by atoms with Crippen molar-refractivity contribution < 1.29 is 19.0 Å². The number of methoxy groups -OCH3 is 2. The number of carbonyl (C=O) groups excluding carboxylic acids is 1. The van der Waals surface area contributed by atoms with Gasteiger partial charge in [-0.3, -0.25) is 4.79 Å². The highest BCUT2D eigenvalue weighted by Crippen LogP contribution is 2.25. The van der Waals surface area contributed by atoms with Gasteiger partial charge in [0.25, 0.3) is 5.91 Å². The SMILES string of the molecule is COc1ccc(/C=N/NC(=O)c2cc(Br)ccc2OC(C)C)c(OC)c1. The normalized spacial score (nSPS) is 10.8. The molecule has 0 heterocycles. The molecule has 0 aliphatic rings. The summed E-state index contributed by atoms with van der Waals surface area (Å²) in [5.41, 5.74) is 3.62. The molecule has 0 spiro atoms. The number of hydrogen-bond donors (Lipinski definition) is 1. The van der Waals surface area contributed by atoms with Gasteiger partial charge in [0.15, 0.2) is 0 Å². The average molecular weight is 421 g/mol. The fourth-order valence-electron chi connectivity index (χ4n) is 2.18. The van der Waals surface area contributed by atoms with E-state index in [9.17, 15) is 4.79 Å². The lowest BCUT2D eigenvalue weighted by molar-refractivity contribution is 0.0949. The molecule has 2 aromatic carbocycles. The summed E-state index contributed by atoms with van der Waals surface area (Å²) in [7, 11) is 3.14. The molecule has 2 aromatic rings. The Labute approximate surface area is 161 Å². The standard InChI is InChI=1S/C19H21BrN2O4/c1-12(2)26-17-8-6-14(20)9-16(17)19(23)22-21-11-13-5-7-15(24-3)10-18(13)25-4/h5-12H,1-4H3,(H,22,23)/b21-11+. The summed E-state index contributed by atoms with van der Waals surface area (Å²) >= 11 is 3.37. The van der Waals surface area contributed by atoms with E-state index in [1.54, 1.807) is 44.6 Å². The van der Waals surface area contributed by atoms with Crippen LogP contribution in [0.4, 0.5) is 0 Å². The molecule has 0 aromatic heterocycles. The second kappa shape index (κ2) is 9.24. The summed E-state index contributed by atoms with van der Waals surface area (Å²) in [6.45, 7) is 3.80. The Balaban J connectivity index is 2.16. The molecule has 0 aliphatic carbocycles. The molecular formula is C19H21BrN2O4. The molecule has 1 N–H and O–H groups in total. The Morgan fingerprint density at radius 2 is 1.88 bits per heavy atom. The fraction of sp³-hybridized carbons (Fsp3) is 0.263. The van der Waals surface area contributed by atoms with Crippen LogP contribution in [-0.4, -0.2) is 32.4 Å². The third-order valence-electron chi connectivity index (χ3n) is 3.36. The van der Waals surface area contributed by atoms with Crippen LogP contribution in [-0.2, 0) is 0 Å². The topological polar surface area (TPSA) is 69.2 Å². The molecule has 0 saturated carbocycles. The third kappa shape index (κ3) is 5.23. The lowest BCUT2D eigenvalue weighted by atomic mass is 10.2. The number of hydrazone groups is 1. The maximum absolute atomic E-state index is 12.5. The van der Waals surface area contributed by atoms with E-state index < -0.39 is 0 Å². The lowest BCUT2D eigenvalue weighted by Gasteiger charge is -2.13. The largest absolute Gasteiger partial charge is 0.497 e. The smallest absolute Gasteiger partial charge is 0.275 e. The molecule has 0 saturated heterocycles. The first-order valence-corrected chi connectivity index (χ1v) is 8.75. The summed E-state index contributed by atoms with van der Waals surface area (Å²) in [4.78, 5) is 12.5. The molecule has 0 fully saturated rings. The van der Waals surface area contributed by atoms with Crippen LogP contribution in [0.3, 0.4) is 0 Å². The van der Waals surface area contributed by atoms with E-state index in [-0.39, 0.29) is 12.0 Å². The summed E-state index contributed by atoms with van der Waals surface area (Å²) < 4.78 is 16.9. The molecule has 0 bridgehead atoms. The van der Waals surface area contributed by atoms with Gasteiger partial charge in [-0.15, -0.1) is 0 Å². The molecule has 1 amide bonds. The lowest BCUT2D eigenvalue weighted by Crippen LogP contribution is -2.20. The quantitative estimate of drug-likeness (QED) is 0.542. The summed E-state index contributed by atoms with van der Waals surface area (Å²) in [6.07, 6.45) is 1.46. The van der Waals surface area contributed by atoms with Gasteiger partial charge in [-0.25, -0.2) is 5.43 Å². The molecule has 0 radical (unpaired) electrons. The van der Waals surface area contributed by atoms with Gasteiger partial charge in [-0.05, 0) is 44.2 Å². The van der Waals surface area contributed by atoms with Gasteiger partial charge in [0.05, 0.1) is 32.1 Å². The van der Waals surface area contributed by atoms with Crippen LogP contribution in [0.5, 0.6) is 17.2 Å². The Kier molecular flexibility index (Phi) is 7.03. The van der Waals surface area contributed by atoms with Crippen molar-refractivity contribution in [2.24, 2.45) is 5.10 Å². The van der Waals surface area contributed by atoms with Crippen molar-refractivity contribution in [2.75, 3.05) is 14.2 Å². The Morgan fingerprint density at radius 1 is 1.12 bits per heavy atom. The first kappa shape index (κ1) is 19.8. The highest BCUT2D eigenvalue weighted by atomic mass is 79.9. The monoisotopic (exact) mass is 420 g/mol. The number of benzene rings is 2. The number of carbonyl (C=O) groups is 1. The number of halogens is 1. The number of hydrogen-bond acceptors (Lipinski definition) is 5. The Morgan fingerprint density at radius 3 is 2.54 bits per heavy atom. The van der Waals surface area contributed by atoms with E-state index in [0.717, 1.165) is 4.47 Å². The Hall–Kier alpha value is -2.54. The van der Waals surface area contributed by atoms with Crippen LogP contribution in [0.15, 0.2) is 46.0 Å². The van der Waals surface area contributed by atoms with E-state index in [4.69, 9.17) is 14.2 Å². The number of nitrogens with zero attached hydrogens (tertiary/aromatic N) is 1. The third-order valence-corrected chi connectivity index (χ3v) is 3.85. The first-order chi connectivity index (χ1) is 12.4. The van der Waals surface area contributed by atoms with Crippen molar-refractivity contribution in [3.63, 3.8) is 0 Å². The highest BCUT2D eigenvalue weighted by Gasteiger charge is 2.14. The molecule has 2 rings (SSSR count). The molecule has 0 unspecified atom stereocenters. The van der Waals surface area contributed by atoms with Gasteiger partial charge in [0, 0.05) is 16.1 Å². The van der Waals surface area contributed by atoms with Crippen LogP contribution in [0, 0.1) is 0 Å². The van der Waals surface area contributed by atoms with Gasteiger partial charge >= 0.3 is 0 Å². The molecule has 138 valence electrons. The van der Waals surface area contributed by atoms with Crippen molar-refractivity contribution in [1.29, 1.82) is 0 Å². The van der Waals surface area contributed by atoms with E-state index >= 15 is 0 Å². The van der Waals surface area contributed by atoms with Crippen LogP contribution in [0.1, 0.15) is 29.8 Å². The van der Waals surface area contributed by atoms with E-state index in [2.05, 4.69) is 26.5 Å². The summed E-state index contributed by atoms with van der Waals surface area (Å²) in [5.74, 6) is 1.39. The highest BCUT2D eigenvalue weighted by molar-refractivity contribution is 9.10. The number of nitrogens with one attached hydrogen (secondary N) is 1. The number of rotatable bonds is 7. The second-order valence-corrected chi connectivity index (χ2v) is 6.53. The number of amides is 1. The van der Waals surface area contributed by atoms with Crippen molar-refractivity contribution in [2.45, 2.75) is 20.0 Å². The minimum atomic E-state index is -0.370. The predicted octanol–water partition coefficient (Wildman–Crippen LogP) is 4.02. The van der Waals surface area contributed by atoms with E-state index in [1.807, 2.05) is 19.9 Å². The molecule has 6 nitrogen and oxygen atoms in total.